The van der Waals surface area contributed by atoms with Gasteiger partial charge in [-0.25, -0.2) is 14.6 Å². The molecule has 0 saturated heterocycles. The maximum atomic E-state index is 12.6. The fraction of sp³-hybridized carbons (Fsp3) is 0. The van der Waals surface area contributed by atoms with E-state index in [2.05, 4.69) is 26.3 Å². The molecule has 0 radical (unpaired) electrons. The highest BCUT2D eigenvalue weighted by Crippen LogP contribution is 2.24. The van der Waals surface area contributed by atoms with E-state index in [9.17, 15) is 9.59 Å². The van der Waals surface area contributed by atoms with Gasteiger partial charge in [0.15, 0.2) is 0 Å². The van der Waals surface area contributed by atoms with Crippen molar-refractivity contribution in [2.75, 3.05) is 21.3 Å². The summed E-state index contributed by atoms with van der Waals surface area (Å²) in [5, 5.41) is 15.1. The number of rotatable bonds is 4. The summed E-state index contributed by atoms with van der Waals surface area (Å²) in [6.07, 6.45) is 0. The fourth-order valence-corrected chi connectivity index (χ4v) is 3.78. The summed E-state index contributed by atoms with van der Waals surface area (Å²) in [5.41, 5.74) is 1.39. The van der Waals surface area contributed by atoms with Gasteiger partial charge in [-0.15, -0.1) is 0 Å². The van der Waals surface area contributed by atoms with Crippen molar-refractivity contribution in [1.82, 2.24) is 4.98 Å². The molecule has 0 unspecified atom stereocenters. The van der Waals surface area contributed by atoms with E-state index in [0.717, 1.165) is 21.5 Å². The van der Waals surface area contributed by atoms with E-state index in [1.165, 1.54) is 0 Å². The molecule has 0 fully saturated rings. The van der Waals surface area contributed by atoms with Crippen LogP contribution in [0.1, 0.15) is 0 Å². The lowest BCUT2D eigenvalue weighted by Gasteiger charge is -2.12. The Morgan fingerprint density at radius 2 is 0.882 bits per heavy atom. The van der Waals surface area contributed by atoms with Gasteiger partial charge in [0.05, 0.1) is 11.4 Å². The molecule has 5 aromatic rings. The molecule has 0 aliphatic rings. The van der Waals surface area contributed by atoms with Gasteiger partial charge >= 0.3 is 12.1 Å². The van der Waals surface area contributed by atoms with Crippen molar-refractivity contribution in [2.24, 2.45) is 0 Å². The molecule has 0 aliphatic heterocycles. The zero-order valence-electron chi connectivity index (χ0n) is 18.1. The number of nitrogens with one attached hydrogen (secondary N) is 4. The Hall–Kier alpha value is -4.91. The fourth-order valence-electron chi connectivity index (χ4n) is 3.78. The highest BCUT2D eigenvalue weighted by Gasteiger charge is 2.09. The normalized spacial score (nSPS) is 10.6. The molecule has 0 spiro atoms. The SMILES string of the molecule is O=C(Nc1cccc(NC(=O)Nc2cccc3ccccc23)n1)Nc1cccc2ccccc12. The van der Waals surface area contributed by atoms with Gasteiger partial charge in [-0.1, -0.05) is 78.9 Å². The summed E-state index contributed by atoms with van der Waals surface area (Å²) < 4.78 is 0. The number of carbonyl (C=O) groups is 2. The standard InChI is InChI=1S/C27H21N5O2/c33-26(28-22-14-5-10-18-8-1-3-12-20(18)22)31-24-16-7-17-25(30-24)32-27(34)29-23-15-6-11-19-9-2-4-13-21(19)23/h1-17H,(H4,28,29,30,31,32,33,34). The maximum absolute atomic E-state index is 12.6. The molecule has 4 amide bonds. The molecule has 0 aliphatic carbocycles. The minimum atomic E-state index is -0.429. The molecule has 7 heteroatoms. The number of urea groups is 2. The van der Waals surface area contributed by atoms with Crippen molar-refractivity contribution >= 4 is 56.6 Å². The minimum absolute atomic E-state index is 0.306. The average molecular weight is 447 g/mol. The Balaban J connectivity index is 1.25. The van der Waals surface area contributed by atoms with Crippen molar-refractivity contribution in [1.29, 1.82) is 0 Å². The van der Waals surface area contributed by atoms with Crippen LogP contribution in [-0.4, -0.2) is 17.0 Å². The maximum Gasteiger partial charge on any atom is 0.324 e. The van der Waals surface area contributed by atoms with E-state index in [4.69, 9.17) is 0 Å². The van der Waals surface area contributed by atoms with Crippen LogP contribution in [0.5, 0.6) is 0 Å². The predicted molar refractivity (Wildman–Crippen MR) is 137 cm³/mol. The Morgan fingerprint density at radius 3 is 1.38 bits per heavy atom. The molecular formula is C27H21N5O2. The molecule has 1 aromatic heterocycles. The molecule has 0 atom stereocenters. The second-order valence-corrected chi connectivity index (χ2v) is 7.62. The largest absolute Gasteiger partial charge is 0.324 e. The average Bonchev–Trinajstić information content (AvgIpc) is 2.85. The number of hydrogen-bond donors (Lipinski definition) is 4. The first-order chi connectivity index (χ1) is 16.7. The first-order valence-electron chi connectivity index (χ1n) is 10.7. The summed E-state index contributed by atoms with van der Waals surface area (Å²) in [6.45, 7) is 0. The van der Waals surface area contributed by atoms with Gasteiger partial charge in [-0.3, -0.25) is 10.6 Å². The Bertz CT molecular complexity index is 1390. The number of fused-ring (bicyclic) bond motifs is 2. The third kappa shape index (κ3) is 4.63. The second-order valence-electron chi connectivity index (χ2n) is 7.62. The molecule has 4 N–H and O–H groups in total. The van der Waals surface area contributed by atoms with Crippen molar-refractivity contribution in [3.8, 4) is 0 Å². The summed E-state index contributed by atoms with van der Waals surface area (Å²) in [5.74, 6) is 0.612. The second kappa shape index (κ2) is 9.30. The molecule has 166 valence electrons. The summed E-state index contributed by atoms with van der Waals surface area (Å²) in [4.78, 5) is 29.4. The zero-order valence-corrected chi connectivity index (χ0v) is 18.1. The number of amides is 4. The number of hydrogen-bond acceptors (Lipinski definition) is 3. The van der Waals surface area contributed by atoms with Crippen molar-refractivity contribution in [3.63, 3.8) is 0 Å². The molecule has 0 bridgehead atoms. The first kappa shape index (κ1) is 21.0. The van der Waals surface area contributed by atoms with Crippen LogP contribution in [0.3, 0.4) is 0 Å². The third-order valence-electron chi connectivity index (χ3n) is 5.31. The van der Waals surface area contributed by atoms with Crippen molar-refractivity contribution in [2.45, 2.75) is 0 Å². The number of pyridine rings is 1. The lowest BCUT2D eigenvalue weighted by molar-refractivity contribution is 0.261. The Morgan fingerprint density at radius 1 is 0.471 bits per heavy atom. The Kier molecular flexibility index (Phi) is 5.73. The predicted octanol–water partition coefficient (Wildman–Crippen LogP) is 6.68. The number of carbonyl (C=O) groups excluding carboxylic acids is 2. The summed E-state index contributed by atoms with van der Waals surface area (Å²) in [6, 6.07) is 31.2. The summed E-state index contributed by atoms with van der Waals surface area (Å²) in [7, 11) is 0. The van der Waals surface area contributed by atoms with Gasteiger partial charge in [0.2, 0.25) is 0 Å². The van der Waals surface area contributed by atoms with Gasteiger partial charge in [-0.2, -0.15) is 0 Å². The van der Waals surface area contributed by atoms with Crippen LogP contribution in [-0.2, 0) is 0 Å². The van der Waals surface area contributed by atoms with Crippen LogP contribution < -0.4 is 21.3 Å². The van der Waals surface area contributed by atoms with E-state index < -0.39 is 12.1 Å². The molecule has 1 heterocycles. The van der Waals surface area contributed by atoms with Gasteiger partial charge in [0, 0.05) is 10.8 Å². The molecule has 0 saturated carbocycles. The van der Waals surface area contributed by atoms with Crippen LogP contribution in [0.25, 0.3) is 21.5 Å². The van der Waals surface area contributed by atoms with E-state index >= 15 is 0 Å². The van der Waals surface area contributed by atoms with Crippen LogP contribution in [0, 0.1) is 0 Å². The monoisotopic (exact) mass is 447 g/mol. The highest BCUT2D eigenvalue weighted by atomic mass is 16.2. The number of nitrogens with zero attached hydrogens (tertiary/aromatic N) is 1. The van der Waals surface area contributed by atoms with Crippen molar-refractivity contribution < 1.29 is 9.59 Å². The molecule has 7 nitrogen and oxygen atoms in total. The smallest absolute Gasteiger partial charge is 0.307 e. The van der Waals surface area contributed by atoms with Crippen LogP contribution >= 0.6 is 0 Å². The van der Waals surface area contributed by atoms with Crippen LogP contribution in [0.15, 0.2) is 103 Å². The highest BCUT2D eigenvalue weighted by molar-refractivity contribution is 6.07. The molecule has 5 rings (SSSR count). The van der Waals surface area contributed by atoms with Gasteiger partial charge in [0.25, 0.3) is 0 Å². The lowest BCUT2D eigenvalue weighted by atomic mass is 10.1. The number of aromatic nitrogens is 1. The van der Waals surface area contributed by atoms with Gasteiger partial charge in [0.1, 0.15) is 11.6 Å². The third-order valence-corrected chi connectivity index (χ3v) is 5.31. The van der Waals surface area contributed by atoms with E-state index in [0.29, 0.717) is 23.0 Å². The first-order valence-corrected chi connectivity index (χ1v) is 10.7. The minimum Gasteiger partial charge on any atom is -0.307 e. The number of benzene rings is 4. The quantitative estimate of drug-likeness (QED) is 0.248. The molecular weight excluding hydrogens is 426 g/mol. The zero-order chi connectivity index (χ0) is 23.3. The lowest BCUT2D eigenvalue weighted by Crippen LogP contribution is -2.22. The summed E-state index contributed by atoms with van der Waals surface area (Å²) >= 11 is 0. The van der Waals surface area contributed by atoms with Crippen molar-refractivity contribution in [3.05, 3.63) is 103 Å². The van der Waals surface area contributed by atoms with E-state index in [1.807, 2.05) is 84.9 Å². The van der Waals surface area contributed by atoms with Crippen LogP contribution in [0.4, 0.5) is 32.6 Å². The van der Waals surface area contributed by atoms with E-state index in [1.54, 1.807) is 18.2 Å². The van der Waals surface area contributed by atoms with E-state index in [-0.39, 0.29) is 0 Å². The topological polar surface area (TPSA) is 95.2 Å². The van der Waals surface area contributed by atoms with Gasteiger partial charge in [-0.05, 0) is 35.0 Å². The number of anilines is 4. The molecule has 4 aromatic carbocycles. The Labute approximate surface area is 195 Å². The van der Waals surface area contributed by atoms with Crippen LogP contribution in [0.2, 0.25) is 0 Å². The molecule has 34 heavy (non-hydrogen) atoms. The van der Waals surface area contributed by atoms with Gasteiger partial charge < -0.3 is 10.6 Å².